The summed E-state index contributed by atoms with van der Waals surface area (Å²) in [6.07, 6.45) is 7.11. The summed E-state index contributed by atoms with van der Waals surface area (Å²) < 4.78 is 41.6. The lowest BCUT2D eigenvalue weighted by atomic mass is 9.83. The highest BCUT2D eigenvalue weighted by Gasteiger charge is 2.36. The van der Waals surface area contributed by atoms with Crippen molar-refractivity contribution in [3.05, 3.63) is 68.3 Å². The highest BCUT2D eigenvalue weighted by Crippen LogP contribution is 2.43. The van der Waals surface area contributed by atoms with Crippen LogP contribution in [0.15, 0.2) is 18.2 Å². The summed E-state index contributed by atoms with van der Waals surface area (Å²) in [5, 5.41) is 0. The van der Waals surface area contributed by atoms with Gasteiger partial charge in [0.15, 0.2) is 0 Å². The molecule has 0 saturated heterocycles. The van der Waals surface area contributed by atoms with Crippen LogP contribution in [0.5, 0.6) is 0 Å². The van der Waals surface area contributed by atoms with Crippen LogP contribution in [0.1, 0.15) is 94.5 Å². The van der Waals surface area contributed by atoms with Crippen molar-refractivity contribution in [3.8, 4) is 0 Å². The van der Waals surface area contributed by atoms with Gasteiger partial charge >= 0.3 is 6.18 Å². The molecule has 0 spiro atoms. The molecule has 0 aliphatic heterocycles. The van der Waals surface area contributed by atoms with Crippen molar-refractivity contribution in [1.82, 2.24) is 0 Å². The Morgan fingerprint density at radius 3 is 2.31 bits per heavy atom. The van der Waals surface area contributed by atoms with Crippen LogP contribution in [0.2, 0.25) is 0 Å². The molecule has 3 heteroatoms. The molecule has 154 valence electrons. The summed E-state index contributed by atoms with van der Waals surface area (Å²) in [6, 6.07) is 5.37. The van der Waals surface area contributed by atoms with Crippen LogP contribution in [0.3, 0.4) is 0 Å². The Bertz CT molecular complexity index is 946. The summed E-state index contributed by atoms with van der Waals surface area (Å²) in [5.41, 5.74) is 9.11. The van der Waals surface area contributed by atoms with E-state index in [1.165, 1.54) is 59.6 Å². The monoisotopic (exact) mass is 398 g/mol. The van der Waals surface area contributed by atoms with Crippen LogP contribution in [-0.2, 0) is 38.3 Å². The van der Waals surface area contributed by atoms with Gasteiger partial charge in [-0.2, -0.15) is 13.2 Å². The first-order valence-electron chi connectivity index (χ1n) is 11.3. The van der Waals surface area contributed by atoms with Gasteiger partial charge in [-0.05, 0) is 121 Å². The molecule has 0 heterocycles. The van der Waals surface area contributed by atoms with E-state index in [0.29, 0.717) is 17.9 Å². The van der Waals surface area contributed by atoms with Crippen molar-refractivity contribution in [2.75, 3.05) is 0 Å². The molecular weight excluding hydrogens is 369 g/mol. The maximum absolute atomic E-state index is 13.9. The minimum Gasteiger partial charge on any atom is -0.166 e. The first-order chi connectivity index (χ1) is 13.9. The topological polar surface area (TPSA) is 0 Å². The second-order valence-corrected chi connectivity index (χ2v) is 9.30. The SMILES string of the molecule is Cc1c(C2CCCC2)cc(Cc2c(C(F)(F)F)ccc3c2CCC3)c2c1CCC2. The summed E-state index contributed by atoms with van der Waals surface area (Å²) in [5.74, 6) is 0.600. The molecule has 0 atom stereocenters. The Hall–Kier alpha value is -1.77. The third-order valence-corrected chi connectivity index (χ3v) is 7.69. The minimum atomic E-state index is -4.28. The van der Waals surface area contributed by atoms with Crippen LogP contribution >= 0.6 is 0 Å². The van der Waals surface area contributed by atoms with E-state index in [0.717, 1.165) is 49.7 Å². The number of rotatable bonds is 3. The first-order valence-corrected chi connectivity index (χ1v) is 11.3. The van der Waals surface area contributed by atoms with Crippen molar-refractivity contribution in [1.29, 1.82) is 0 Å². The third kappa shape index (κ3) is 3.31. The van der Waals surface area contributed by atoms with Gasteiger partial charge in [0.05, 0.1) is 5.56 Å². The zero-order valence-electron chi connectivity index (χ0n) is 17.2. The molecule has 2 aromatic rings. The van der Waals surface area contributed by atoms with Gasteiger partial charge in [0.1, 0.15) is 0 Å². The van der Waals surface area contributed by atoms with E-state index in [9.17, 15) is 13.2 Å². The van der Waals surface area contributed by atoms with E-state index in [4.69, 9.17) is 0 Å². The fourth-order valence-electron chi connectivity index (χ4n) is 6.29. The number of hydrogen-bond donors (Lipinski definition) is 0. The van der Waals surface area contributed by atoms with Gasteiger partial charge in [0.2, 0.25) is 0 Å². The second-order valence-electron chi connectivity index (χ2n) is 9.30. The largest absolute Gasteiger partial charge is 0.416 e. The second kappa shape index (κ2) is 7.18. The predicted octanol–water partition coefficient (Wildman–Crippen LogP) is 7.24. The number of halogens is 3. The number of benzene rings is 2. The van der Waals surface area contributed by atoms with E-state index in [1.807, 2.05) is 0 Å². The molecule has 3 aliphatic rings. The van der Waals surface area contributed by atoms with E-state index >= 15 is 0 Å². The van der Waals surface area contributed by atoms with E-state index in [1.54, 1.807) is 6.07 Å². The summed E-state index contributed by atoms with van der Waals surface area (Å²) >= 11 is 0. The summed E-state index contributed by atoms with van der Waals surface area (Å²) in [6.45, 7) is 2.25. The Morgan fingerprint density at radius 1 is 0.862 bits per heavy atom. The van der Waals surface area contributed by atoms with Gasteiger partial charge in [-0.25, -0.2) is 0 Å². The molecule has 2 aromatic carbocycles. The van der Waals surface area contributed by atoms with Crippen molar-refractivity contribution in [3.63, 3.8) is 0 Å². The highest BCUT2D eigenvalue weighted by molar-refractivity contribution is 5.53. The smallest absolute Gasteiger partial charge is 0.166 e. The molecular formula is C26H29F3. The fraction of sp³-hybridized carbons (Fsp3) is 0.538. The van der Waals surface area contributed by atoms with Gasteiger partial charge in [-0.1, -0.05) is 25.0 Å². The molecule has 0 bridgehead atoms. The lowest BCUT2D eigenvalue weighted by Crippen LogP contribution is -2.13. The van der Waals surface area contributed by atoms with Crippen LogP contribution in [0.4, 0.5) is 13.2 Å². The van der Waals surface area contributed by atoms with Gasteiger partial charge in [0, 0.05) is 0 Å². The van der Waals surface area contributed by atoms with Crippen LogP contribution in [-0.4, -0.2) is 0 Å². The summed E-state index contributed by atoms with van der Waals surface area (Å²) in [4.78, 5) is 0. The molecule has 0 aromatic heterocycles. The van der Waals surface area contributed by atoms with Gasteiger partial charge < -0.3 is 0 Å². The van der Waals surface area contributed by atoms with Crippen molar-refractivity contribution >= 4 is 0 Å². The molecule has 29 heavy (non-hydrogen) atoms. The van der Waals surface area contributed by atoms with Gasteiger partial charge in [-0.15, -0.1) is 0 Å². The maximum Gasteiger partial charge on any atom is 0.416 e. The van der Waals surface area contributed by atoms with Crippen LogP contribution in [0, 0.1) is 6.92 Å². The summed E-state index contributed by atoms with van der Waals surface area (Å²) in [7, 11) is 0. The van der Waals surface area contributed by atoms with E-state index < -0.39 is 11.7 Å². The van der Waals surface area contributed by atoms with Crippen molar-refractivity contribution in [2.24, 2.45) is 0 Å². The van der Waals surface area contributed by atoms with Crippen LogP contribution < -0.4 is 0 Å². The molecule has 0 nitrogen and oxygen atoms in total. The predicted molar refractivity (Wildman–Crippen MR) is 111 cm³/mol. The molecule has 0 amide bonds. The fourth-order valence-corrected chi connectivity index (χ4v) is 6.29. The zero-order valence-corrected chi connectivity index (χ0v) is 17.2. The van der Waals surface area contributed by atoms with E-state index in [-0.39, 0.29) is 0 Å². The Balaban J connectivity index is 1.64. The standard InChI is InChI=1S/C26H29F3/c1-16-20-9-5-11-22(20)19(14-23(16)17-6-2-3-7-17)15-24-21-10-4-8-18(21)12-13-25(24)26(27,28)29/h12-14,17H,2-11,15H2,1H3. The molecule has 5 rings (SSSR count). The normalized spacial score (nSPS) is 19.0. The molecule has 0 radical (unpaired) electrons. The molecule has 1 saturated carbocycles. The Morgan fingerprint density at radius 2 is 1.55 bits per heavy atom. The quantitative estimate of drug-likeness (QED) is 0.511. The van der Waals surface area contributed by atoms with Gasteiger partial charge in [-0.3, -0.25) is 0 Å². The molecule has 1 fully saturated rings. The number of aryl methyl sites for hydroxylation is 1. The maximum atomic E-state index is 13.9. The molecule has 0 unspecified atom stereocenters. The average molecular weight is 399 g/mol. The molecule has 3 aliphatic carbocycles. The highest BCUT2D eigenvalue weighted by atomic mass is 19.4. The number of alkyl halides is 3. The minimum absolute atomic E-state index is 0.409. The average Bonchev–Trinajstić information content (AvgIpc) is 3.44. The first kappa shape index (κ1) is 19.2. The number of hydrogen-bond acceptors (Lipinski definition) is 0. The number of fused-ring (bicyclic) bond motifs is 2. The van der Waals surface area contributed by atoms with Crippen molar-refractivity contribution in [2.45, 2.75) is 89.6 Å². The Labute approximate surface area is 171 Å². The zero-order chi connectivity index (χ0) is 20.2. The van der Waals surface area contributed by atoms with Crippen molar-refractivity contribution < 1.29 is 13.2 Å². The van der Waals surface area contributed by atoms with Crippen LogP contribution in [0.25, 0.3) is 0 Å². The Kier molecular flexibility index (Phi) is 4.75. The third-order valence-electron chi connectivity index (χ3n) is 7.69. The van der Waals surface area contributed by atoms with E-state index in [2.05, 4.69) is 13.0 Å². The molecule has 0 N–H and O–H groups in total. The lowest BCUT2D eigenvalue weighted by Gasteiger charge is -2.22. The van der Waals surface area contributed by atoms with Gasteiger partial charge in [0.25, 0.3) is 0 Å². The lowest BCUT2D eigenvalue weighted by molar-refractivity contribution is -0.138.